The Morgan fingerprint density at radius 1 is 1.00 bits per heavy atom. The molecule has 2 rings (SSSR count). The smallest absolute Gasteiger partial charge is 0.270 e. The minimum Gasteiger partial charge on any atom is -0.348 e. The summed E-state index contributed by atoms with van der Waals surface area (Å²) in [7, 11) is 0. The summed E-state index contributed by atoms with van der Waals surface area (Å²) in [6.07, 6.45) is 4.75. The highest BCUT2D eigenvalue weighted by Crippen LogP contribution is 2.13. The summed E-state index contributed by atoms with van der Waals surface area (Å²) in [6, 6.07) is 10.4. The van der Waals surface area contributed by atoms with Crippen LogP contribution >= 0.6 is 0 Å². The van der Waals surface area contributed by atoms with Gasteiger partial charge in [0.25, 0.3) is 11.8 Å². The van der Waals surface area contributed by atoms with Gasteiger partial charge in [-0.05, 0) is 37.6 Å². The second kappa shape index (κ2) is 8.19. The third-order valence-corrected chi connectivity index (χ3v) is 3.65. The van der Waals surface area contributed by atoms with Gasteiger partial charge in [-0.2, -0.15) is 0 Å². The van der Waals surface area contributed by atoms with Gasteiger partial charge in [-0.3, -0.25) is 19.6 Å². The van der Waals surface area contributed by atoms with Crippen molar-refractivity contribution in [2.75, 3.05) is 6.54 Å². The summed E-state index contributed by atoms with van der Waals surface area (Å²) in [5.74, 6) is -0.511. The van der Waals surface area contributed by atoms with Gasteiger partial charge in [0.1, 0.15) is 11.4 Å². The lowest BCUT2D eigenvalue weighted by molar-refractivity contribution is 0.0863. The number of nitrogens with zero attached hydrogens (tertiary/aromatic N) is 2. The maximum Gasteiger partial charge on any atom is 0.270 e. The molecule has 0 aliphatic rings. The van der Waals surface area contributed by atoms with Gasteiger partial charge in [0.2, 0.25) is 0 Å². The summed E-state index contributed by atoms with van der Waals surface area (Å²) < 4.78 is 0. The molecule has 0 bridgehead atoms. The summed E-state index contributed by atoms with van der Waals surface area (Å²) in [5.41, 5.74) is 0.150. The van der Waals surface area contributed by atoms with Gasteiger partial charge in [-0.15, -0.1) is 0 Å². The van der Waals surface area contributed by atoms with Gasteiger partial charge in [0, 0.05) is 18.9 Å². The second-order valence-electron chi connectivity index (χ2n) is 5.88. The molecule has 6 nitrogen and oxygen atoms in total. The minimum absolute atomic E-state index is 0.251. The fourth-order valence-electron chi connectivity index (χ4n) is 2.45. The molecule has 1 atom stereocenters. The van der Waals surface area contributed by atoms with Crippen molar-refractivity contribution in [3.8, 4) is 0 Å². The SMILES string of the molecule is CCCC(C)(CNC(=O)c1ccccn1)NC(=O)c1ccccn1. The fourth-order valence-corrected chi connectivity index (χ4v) is 2.45. The van der Waals surface area contributed by atoms with Crippen molar-refractivity contribution < 1.29 is 9.59 Å². The number of rotatable bonds is 7. The highest BCUT2D eigenvalue weighted by atomic mass is 16.2. The Hall–Kier alpha value is -2.76. The quantitative estimate of drug-likeness (QED) is 0.817. The Balaban J connectivity index is 2.01. The highest BCUT2D eigenvalue weighted by Gasteiger charge is 2.27. The first-order valence-corrected chi connectivity index (χ1v) is 7.97. The molecule has 0 aromatic carbocycles. The molecule has 0 aliphatic carbocycles. The number of amides is 2. The Bertz CT molecular complexity index is 676. The predicted octanol–water partition coefficient (Wildman–Crippen LogP) is 2.20. The van der Waals surface area contributed by atoms with Crippen LogP contribution in [-0.4, -0.2) is 33.9 Å². The van der Waals surface area contributed by atoms with Gasteiger partial charge < -0.3 is 10.6 Å². The van der Waals surface area contributed by atoms with Crippen molar-refractivity contribution in [1.29, 1.82) is 0 Å². The highest BCUT2D eigenvalue weighted by molar-refractivity contribution is 5.93. The standard InChI is InChI=1S/C18H22N4O2/c1-3-10-18(2,22-17(24)15-9-5-7-12-20-15)13-21-16(23)14-8-4-6-11-19-14/h4-9,11-12H,3,10,13H2,1-2H3,(H,21,23)(H,22,24). The molecule has 2 aromatic rings. The van der Waals surface area contributed by atoms with Gasteiger partial charge in [-0.25, -0.2) is 0 Å². The number of hydrogen-bond acceptors (Lipinski definition) is 4. The van der Waals surface area contributed by atoms with E-state index >= 15 is 0 Å². The Morgan fingerprint density at radius 2 is 1.58 bits per heavy atom. The van der Waals surface area contributed by atoms with Crippen LogP contribution in [0.2, 0.25) is 0 Å². The molecule has 0 fully saturated rings. The van der Waals surface area contributed by atoms with Crippen molar-refractivity contribution in [1.82, 2.24) is 20.6 Å². The summed E-state index contributed by atoms with van der Waals surface area (Å²) >= 11 is 0. The van der Waals surface area contributed by atoms with Crippen LogP contribution in [0.15, 0.2) is 48.8 Å². The molecular formula is C18H22N4O2. The third-order valence-electron chi connectivity index (χ3n) is 3.65. The summed E-state index contributed by atoms with van der Waals surface area (Å²) in [5, 5.41) is 5.83. The van der Waals surface area contributed by atoms with E-state index in [1.165, 1.54) is 0 Å². The molecule has 2 amide bonds. The molecule has 6 heteroatoms. The molecular weight excluding hydrogens is 304 g/mol. The van der Waals surface area contributed by atoms with E-state index in [2.05, 4.69) is 20.6 Å². The van der Waals surface area contributed by atoms with Crippen LogP contribution in [0.4, 0.5) is 0 Å². The predicted molar refractivity (Wildman–Crippen MR) is 91.6 cm³/mol. The van der Waals surface area contributed by atoms with Crippen LogP contribution in [-0.2, 0) is 0 Å². The first-order chi connectivity index (χ1) is 11.5. The minimum atomic E-state index is -0.562. The van der Waals surface area contributed by atoms with Crippen LogP contribution in [0.25, 0.3) is 0 Å². The molecule has 24 heavy (non-hydrogen) atoms. The number of pyridine rings is 2. The number of hydrogen-bond donors (Lipinski definition) is 2. The van der Waals surface area contributed by atoms with Crippen LogP contribution in [0.3, 0.4) is 0 Å². The monoisotopic (exact) mass is 326 g/mol. The maximum absolute atomic E-state index is 12.4. The molecule has 126 valence electrons. The molecule has 1 unspecified atom stereocenters. The first kappa shape index (κ1) is 17.6. The maximum atomic E-state index is 12.4. The third kappa shape index (κ3) is 4.87. The van der Waals surface area contributed by atoms with Crippen LogP contribution in [0.5, 0.6) is 0 Å². The van der Waals surface area contributed by atoms with Crippen LogP contribution < -0.4 is 10.6 Å². The van der Waals surface area contributed by atoms with Gasteiger partial charge in [0.05, 0.1) is 5.54 Å². The molecule has 0 aliphatic heterocycles. The number of carbonyl (C=O) groups is 2. The lowest BCUT2D eigenvalue weighted by Gasteiger charge is -2.30. The van der Waals surface area contributed by atoms with Crippen molar-refractivity contribution in [2.45, 2.75) is 32.2 Å². The molecule has 0 radical (unpaired) electrons. The summed E-state index contributed by atoms with van der Waals surface area (Å²) in [4.78, 5) is 32.6. The average molecular weight is 326 g/mol. The number of aromatic nitrogens is 2. The summed E-state index contributed by atoms with van der Waals surface area (Å²) in [6.45, 7) is 4.26. The van der Waals surface area contributed by atoms with Crippen molar-refractivity contribution in [3.05, 3.63) is 60.2 Å². The zero-order valence-corrected chi connectivity index (χ0v) is 14.0. The van der Waals surface area contributed by atoms with Crippen molar-refractivity contribution >= 4 is 11.8 Å². The molecule has 2 aromatic heterocycles. The Labute approximate surface area is 141 Å². The lowest BCUT2D eigenvalue weighted by atomic mass is 9.95. The van der Waals surface area contributed by atoms with Crippen molar-refractivity contribution in [3.63, 3.8) is 0 Å². The zero-order chi connectivity index (χ0) is 17.4. The normalized spacial score (nSPS) is 12.9. The van der Waals surface area contributed by atoms with Gasteiger partial charge in [-0.1, -0.05) is 25.5 Å². The van der Waals surface area contributed by atoms with E-state index in [-0.39, 0.29) is 11.8 Å². The number of carbonyl (C=O) groups excluding carboxylic acids is 2. The lowest BCUT2D eigenvalue weighted by Crippen LogP contribution is -2.53. The fraction of sp³-hybridized carbons (Fsp3) is 0.333. The van der Waals surface area contributed by atoms with Crippen LogP contribution in [0, 0.1) is 0 Å². The molecule has 0 spiro atoms. The van der Waals surface area contributed by atoms with E-state index in [4.69, 9.17) is 0 Å². The van der Waals surface area contributed by atoms with E-state index in [1.54, 1.807) is 48.8 Å². The Morgan fingerprint density at radius 3 is 2.08 bits per heavy atom. The largest absolute Gasteiger partial charge is 0.348 e. The Kier molecular flexibility index (Phi) is 6.01. The van der Waals surface area contributed by atoms with Gasteiger partial charge in [0.15, 0.2) is 0 Å². The topological polar surface area (TPSA) is 84.0 Å². The van der Waals surface area contributed by atoms with Crippen LogP contribution in [0.1, 0.15) is 47.7 Å². The van der Waals surface area contributed by atoms with E-state index in [1.807, 2.05) is 13.8 Å². The van der Waals surface area contributed by atoms with Crippen molar-refractivity contribution in [2.24, 2.45) is 0 Å². The first-order valence-electron chi connectivity index (χ1n) is 7.97. The molecule has 0 saturated carbocycles. The molecule has 2 heterocycles. The van der Waals surface area contributed by atoms with E-state index in [0.717, 1.165) is 12.8 Å². The zero-order valence-electron chi connectivity index (χ0n) is 14.0. The number of nitrogens with one attached hydrogen (secondary N) is 2. The van der Waals surface area contributed by atoms with E-state index in [9.17, 15) is 9.59 Å². The average Bonchev–Trinajstić information content (AvgIpc) is 2.61. The molecule has 0 saturated heterocycles. The van der Waals surface area contributed by atoms with E-state index < -0.39 is 5.54 Å². The second-order valence-corrected chi connectivity index (χ2v) is 5.88. The van der Waals surface area contributed by atoms with Gasteiger partial charge >= 0.3 is 0 Å². The van der Waals surface area contributed by atoms with E-state index in [0.29, 0.717) is 17.9 Å². The molecule has 2 N–H and O–H groups in total.